The summed E-state index contributed by atoms with van der Waals surface area (Å²) >= 11 is 1.43. The Hall–Kier alpha value is -2.39. The lowest BCUT2D eigenvalue weighted by molar-refractivity contribution is 0.0515. The van der Waals surface area contributed by atoms with Crippen LogP contribution in [0.25, 0.3) is 11.1 Å². The largest absolute Gasteiger partial charge is 0.497 e. The Kier molecular flexibility index (Phi) is 5.35. The summed E-state index contributed by atoms with van der Waals surface area (Å²) in [7, 11) is 3.36. The highest BCUT2D eigenvalue weighted by Gasteiger charge is 2.27. The van der Waals surface area contributed by atoms with Crippen molar-refractivity contribution in [2.75, 3.05) is 20.0 Å². The van der Waals surface area contributed by atoms with E-state index in [0.717, 1.165) is 10.6 Å². The first-order valence-electron chi connectivity index (χ1n) is 7.07. The van der Waals surface area contributed by atoms with Gasteiger partial charge in [0, 0.05) is 12.6 Å². The molecule has 1 heterocycles. The average Bonchev–Trinajstić information content (AvgIpc) is 2.86. The van der Waals surface area contributed by atoms with Crippen LogP contribution in [0, 0.1) is 11.3 Å². The van der Waals surface area contributed by atoms with Gasteiger partial charge in [0.15, 0.2) is 0 Å². The predicted octanol–water partition coefficient (Wildman–Crippen LogP) is 3.47. The second-order valence-electron chi connectivity index (χ2n) is 4.73. The predicted molar refractivity (Wildman–Crippen MR) is 89.9 cm³/mol. The third-order valence-corrected chi connectivity index (χ3v) is 4.36. The monoisotopic (exact) mass is 330 g/mol. The van der Waals surface area contributed by atoms with Crippen LogP contribution in [0.15, 0.2) is 29.3 Å². The summed E-state index contributed by atoms with van der Waals surface area (Å²) in [5, 5.41) is 10.3. The van der Waals surface area contributed by atoms with Gasteiger partial charge in [0.05, 0.1) is 24.3 Å². The molecule has 23 heavy (non-hydrogen) atoms. The van der Waals surface area contributed by atoms with Gasteiger partial charge in [-0.15, -0.1) is 11.8 Å². The van der Waals surface area contributed by atoms with Crippen molar-refractivity contribution >= 4 is 17.7 Å². The zero-order valence-electron chi connectivity index (χ0n) is 13.5. The first-order valence-corrected chi connectivity index (χ1v) is 8.29. The van der Waals surface area contributed by atoms with Gasteiger partial charge in [-0.2, -0.15) is 5.26 Å². The van der Waals surface area contributed by atoms with Crippen molar-refractivity contribution in [3.05, 3.63) is 35.5 Å². The highest BCUT2D eigenvalue weighted by molar-refractivity contribution is 7.98. The van der Waals surface area contributed by atoms with Crippen molar-refractivity contribution in [2.24, 2.45) is 7.05 Å². The molecule has 120 valence electrons. The smallest absolute Gasteiger partial charge is 0.355 e. The first-order chi connectivity index (χ1) is 11.1. The summed E-state index contributed by atoms with van der Waals surface area (Å²) in [6, 6.07) is 9.50. The number of thioether (sulfide) groups is 1. The lowest BCUT2D eigenvalue weighted by Crippen LogP contribution is -2.11. The van der Waals surface area contributed by atoms with Crippen molar-refractivity contribution in [2.45, 2.75) is 11.9 Å². The van der Waals surface area contributed by atoms with Gasteiger partial charge < -0.3 is 14.0 Å². The van der Waals surface area contributed by atoms with Gasteiger partial charge in [-0.3, -0.25) is 0 Å². The number of carbonyl (C=O) groups excluding carboxylic acids is 1. The second-order valence-corrected chi connectivity index (χ2v) is 5.52. The third-order valence-electron chi connectivity index (χ3n) is 3.49. The van der Waals surface area contributed by atoms with E-state index in [1.807, 2.05) is 18.4 Å². The molecule has 2 aromatic rings. The summed E-state index contributed by atoms with van der Waals surface area (Å²) in [6.45, 7) is 2.04. The first kappa shape index (κ1) is 17.0. The number of hydrogen-bond acceptors (Lipinski definition) is 5. The Morgan fingerprint density at radius 2 is 2.00 bits per heavy atom. The number of nitriles is 1. The van der Waals surface area contributed by atoms with Gasteiger partial charge in [-0.05, 0) is 30.9 Å². The maximum Gasteiger partial charge on any atom is 0.355 e. The zero-order chi connectivity index (χ0) is 17.0. The number of esters is 1. The van der Waals surface area contributed by atoms with E-state index >= 15 is 0 Å². The molecule has 0 N–H and O–H groups in total. The Balaban J connectivity index is 2.72. The van der Waals surface area contributed by atoms with Gasteiger partial charge in [0.1, 0.15) is 17.5 Å². The van der Waals surface area contributed by atoms with Gasteiger partial charge in [0.2, 0.25) is 0 Å². The minimum absolute atomic E-state index is 0.280. The topological polar surface area (TPSA) is 64.2 Å². The van der Waals surface area contributed by atoms with E-state index in [9.17, 15) is 10.1 Å². The van der Waals surface area contributed by atoms with Crippen LogP contribution in [-0.2, 0) is 11.8 Å². The van der Waals surface area contributed by atoms with Crippen LogP contribution in [0.1, 0.15) is 23.0 Å². The highest BCUT2D eigenvalue weighted by Crippen LogP contribution is 2.37. The van der Waals surface area contributed by atoms with Crippen molar-refractivity contribution in [1.82, 2.24) is 4.57 Å². The zero-order valence-corrected chi connectivity index (χ0v) is 14.4. The molecule has 0 amide bonds. The van der Waals surface area contributed by atoms with E-state index in [1.165, 1.54) is 11.8 Å². The van der Waals surface area contributed by atoms with E-state index in [4.69, 9.17) is 9.47 Å². The van der Waals surface area contributed by atoms with Crippen LogP contribution in [0.4, 0.5) is 0 Å². The molecule has 2 rings (SSSR count). The number of rotatable bonds is 5. The van der Waals surface area contributed by atoms with E-state index in [-0.39, 0.29) is 6.61 Å². The van der Waals surface area contributed by atoms with Crippen LogP contribution in [-0.4, -0.2) is 30.5 Å². The summed E-state index contributed by atoms with van der Waals surface area (Å²) in [5.74, 6) is 0.281. The number of carbonyl (C=O) groups is 1. The molecule has 0 spiro atoms. The quantitative estimate of drug-likeness (QED) is 0.620. The second kappa shape index (κ2) is 7.25. The van der Waals surface area contributed by atoms with Gasteiger partial charge in [-0.1, -0.05) is 12.1 Å². The van der Waals surface area contributed by atoms with E-state index in [1.54, 1.807) is 37.8 Å². The van der Waals surface area contributed by atoms with Crippen molar-refractivity contribution < 1.29 is 14.3 Å². The number of aromatic nitrogens is 1. The van der Waals surface area contributed by atoms with Crippen LogP contribution >= 0.6 is 11.8 Å². The van der Waals surface area contributed by atoms with Gasteiger partial charge >= 0.3 is 5.97 Å². The fourth-order valence-electron chi connectivity index (χ4n) is 2.48. The fourth-order valence-corrected chi connectivity index (χ4v) is 3.20. The molecule has 0 saturated carbocycles. The third kappa shape index (κ3) is 3.06. The molecule has 0 saturated heterocycles. The lowest BCUT2D eigenvalue weighted by Gasteiger charge is -2.08. The molecule has 5 nitrogen and oxygen atoms in total. The maximum absolute atomic E-state index is 12.4. The molecule has 0 fully saturated rings. The normalized spacial score (nSPS) is 10.2. The molecule has 0 unspecified atom stereocenters. The summed E-state index contributed by atoms with van der Waals surface area (Å²) in [4.78, 5) is 12.4. The van der Waals surface area contributed by atoms with E-state index in [0.29, 0.717) is 22.6 Å². The molecule has 0 aliphatic rings. The summed E-state index contributed by atoms with van der Waals surface area (Å²) in [6.07, 6.45) is 1.88. The number of methoxy groups -OCH3 is 1. The van der Waals surface area contributed by atoms with Crippen molar-refractivity contribution in [3.63, 3.8) is 0 Å². The molecule has 0 radical (unpaired) electrons. The Labute approximate surface area is 139 Å². The standard InChI is InChI=1S/C17H18N2O3S/c1-5-22-17(20)15-14(11-6-8-12(21-3)9-7-11)13(10-18)16(23-4)19(15)2/h6-9H,5H2,1-4H3. The number of benzene rings is 1. The molecule has 0 aliphatic carbocycles. The SMILES string of the molecule is CCOC(=O)c1c(-c2ccc(OC)cc2)c(C#N)c(SC)n1C. The van der Waals surface area contributed by atoms with E-state index in [2.05, 4.69) is 6.07 Å². The minimum atomic E-state index is -0.433. The van der Waals surface area contributed by atoms with Gasteiger partial charge in [-0.25, -0.2) is 4.79 Å². The molecule has 1 aromatic carbocycles. The average molecular weight is 330 g/mol. The molecular weight excluding hydrogens is 312 g/mol. The maximum atomic E-state index is 12.4. The van der Waals surface area contributed by atoms with Crippen LogP contribution in [0.3, 0.4) is 0 Å². The molecule has 0 aliphatic heterocycles. The Bertz CT molecular complexity index is 758. The van der Waals surface area contributed by atoms with Crippen LogP contribution in [0.5, 0.6) is 5.75 Å². The molecular formula is C17H18N2O3S. The van der Waals surface area contributed by atoms with Crippen LogP contribution < -0.4 is 4.74 Å². The molecule has 0 bridgehead atoms. The molecule has 6 heteroatoms. The summed E-state index contributed by atoms with van der Waals surface area (Å²) in [5.41, 5.74) is 2.24. The molecule has 0 atom stereocenters. The number of nitrogens with zero attached hydrogens (tertiary/aromatic N) is 2. The fraction of sp³-hybridized carbons (Fsp3) is 0.294. The van der Waals surface area contributed by atoms with Crippen molar-refractivity contribution in [1.29, 1.82) is 5.26 Å². The van der Waals surface area contributed by atoms with Crippen molar-refractivity contribution in [3.8, 4) is 22.9 Å². The van der Waals surface area contributed by atoms with E-state index < -0.39 is 5.97 Å². The number of hydrogen-bond donors (Lipinski definition) is 0. The highest BCUT2D eigenvalue weighted by atomic mass is 32.2. The Morgan fingerprint density at radius 1 is 1.35 bits per heavy atom. The van der Waals surface area contributed by atoms with Crippen LogP contribution in [0.2, 0.25) is 0 Å². The number of ether oxygens (including phenoxy) is 2. The Morgan fingerprint density at radius 3 is 2.48 bits per heavy atom. The molecule has 1 aromatic heterocycles. The minimum Gasteiger partial charge on any atom is -0.497 e. The van der Waals surface area contributed by atoms with Gasteiger partial charge in [0.25, 0.3) is 0 Å². The summed E-state index contributed by atoms with van der Waals surface area (Å²) < 4.78 is 12.1. The lowest BCUT2D eigenvalue weighted by atomic mass is 10.0.